The van der Waals surface area contributed by atoms with Crippen LogP contribution in [0.25, 0.3) is 0 Å². The van der Waals surface area contributed by atoms with Gasteiger partial charge in [0.15, 0.2) is 5.78 Å². The normalized spacial score (nSPS) is 34.0. The maximum absolute atomic E-state index is 12.1. The summed E-state index contributed by atoms with van der Waals surface area (Å²) in [7, 11) is 6.12. The van der Waals surface area contributed by atoms with Crippen LogP contribution in [0.15, 0.2) is 0 Å². The molecular formula is C11H22N2O. The second-order valence-electron chi connectivity index (χ2n) is 4.69. The molecule has 2 atom stereocenters. The minimum absolute atomic E-state index is 0.247. The summed E-state index contributed by atoms with van der Waals surface area (Å²) >= 11 is 0. The van der Waals surface area contributed by atoms with Crippen LogP contribution >= 0.6 is 0 Å². The molecule has 1 fully saturated rings. The van der Waals surface area contributed by atoms with Gasteiger partial charge in [0.1, 0.15) is 0 Å². The summed E-state index contributed by atoms with van der Waals surface area (Å²) in [4.78, 5) is 16.4. The van der Waals surface area contributed by atoms with Crippen LogP contribution in [0.4, 0.5) is 0 Å². The monoisotopic (exact) mass is 198 g/mol. The van der Waals surface area contributed by atoms with Gasteiger partial charge in [-0.2, -0.15) is 0 Å². The number of hydrogen-bond donors (Lipinski definition) is 0. The first-order valence-electron chi connectivity index (χ1n) is 5.34. The van der Waals surface area contributed by atoms with E-state index >= 15 is 0 Å². The van der Waals surface area contributed by atoms with Crippen LogP contribution in [0.2, 0.25) is 0 Å². The molecule has 0 spiro atoms. The molecule has 0 amide bonds. The number of nitrogens with zero attached hydrogens (tertiary/aromatic N) is 2. The average Bonchev–Trinajstić information content (AvgIpc) is 2.41. The Morgan fingerprint density at radius 2 is 2.14 bits per heavy atom. The van der Waals surface area contributed by atoms with Gasteiger partial charge in [-0.1, -0.05) is 13.8 Å². The fraction of sp³-hybridized carbons (Fsp3) is 0.909. The predicted molar refractivity (Wildman–Crippen MR) is 58.4 cm³/mol. The first kappa shape index (κ1) is 11.7. The molecule has 82 valence electrons. The van der Waals surface area contributed by atoms with E-state index in [2.05, 4.69) is 23.8 Å². The fourth-order valence-corrected chi connectivity index (χ4v) is 2.75. The highest BCUT2D eigenvalue weighted by atomic mass is 16.1. The van der Waals surface area contributed by atoms with E-state index in [-0.39, 0.29) is 5.54 Å². The Bertz CT molecular complexity index is 227. The minimum atomic E-state index is -0.247. The number of likely N-dealkylation sites (tertiary alicyclic amines) is 1. The second kappa shape index (κ2) is 3.99. The molecular weight excluding hydrogens is 176 g/mol. The Morgan fingerprint density at radius 1 is 1.57 bits per heavy atom. The molecule has 1 saturated heterocycles. The molecule has 0 aromatic carbocycles. The molecule has 0 aromatic rings. The van der Waals surface area contributed by atoms with Crippen LogP contribution in [-0.4, -0.2) is 55.4 Å². The van der Waals surface area contributed by atoms with Crippen molar-refractivity contribution in [3.05, 3.63) is 0 Å². The van der Waals surface area contributed by atoms with E-state index < -0.39 is 0 Å². The Morgan fingerprint density at radius 3 is 2.43 bits per heavy atom. The van der Waals surface area contributed by atoms with Gasteiger partial charge in [-0.15, -0.1) is 0 Å². The van der Waals surface area contributed by atoms with E-state index in [1.54, 1.807) is 0 Å². The average molecular weight is 198 g/mol. The van der Waals surface area contributed by atoms with Crippen molar-refractivity contribution < 1.29 is 4.79 Å². The quantitative estimate of drug-likeness (QED) is 0.671. The molecule has 1 heterocycles. The van der Waals surface area contributed by atoms with Gasteiger partial charge < -0.3 is 4.90 Å². The molecule has 1 aliphatic rings. The molecule has 14 heavy (non-hydrogen) atoms. The summed E-state index contributed by atoms with van der Waals surface area (Å²) in [6, 6.07) is 0. The molecule has 0 bridgehead atoms. The summed E-state index contributed by atoms with van der Waals surface area (Å²) in [5, 5.41) is 0. The molecule has 0 unspecified atom stereocenters. The van der Waals surface area contributed by atoms with Gasteiger partial charge in [0, 0.05) is 19.5 Å². The van der Waals surface area contributed by atoms with Gasteiger partial charge in [-0.05, 0) is 27.1 Å². The Labute approximate surface area is 87.1 Å². The zero-order valence-electron chi connectivity index (χ0n) is 10.0. The number of rotatable bonds is 3. The molecule has 0 N–H and O–H groups in total. The van der Waals surface area contributed by atoms with E-state index in [1.165, 1.54) is 0 Å². The van der Waals surface area contributed by atoms with Gasteiger partial charge in [0.25, 0.3) is 0 Å². The van der Waals surface area contributed by atoms with Gasteiger partial charge >= 0.3 is 0 Å². The molecule has 0 aliphatic carbocycles. The standard InChI is InChI=1S/C11H22N2O/c1-6-10(14)11(12(3)4)8-13(5)7-9(11)2/h9H,6-8H2,1-5H3/t9-,11-/m0/s1. The predicted octanol–water partition coefficient (Wildman–Crippen LogP) is 0.847. The van der Waals surface area contributed by atoms with Crippen molar-refractivity contribution >= 4 is 5.78 Å². The Hall–Kier alpha value is -0.410. The molecule has 0 aromatic heterocycles. The van der Waals surface area contributed by atoms with Gasteiger partial charge in [0.05, 0.1) is 5.54 Å². The number of ketones is 1. The fourth-order valence-electron chi connectivity index (χ4n) is 2.75. The lowest BCUT2D eigenvalue weighted by atomic mass is 9.82. The van der Waals surface area contributed by atoms with E-state index in [0.717, 1.165) is 13.1 Å². The number of carbonyl (C=O) groups excluding carboxylic acids is 1. The van der Waals surface area contributed by atoms with Crippen LogP contribution in [0, 0.1) is 5.92 Å². The van der Waals surface area contributed by atoms with E-state index in [0.29, 0.717) is 18.1 Å². The molecule has 0 radical (unpaired) electrons. The number of hydrogen-bond acceptors (Lipinski definition) is 3. The molecule has 1 aliphatic heterocycles. The van der Waals surface area contributed by atoms with Gasteiger partial charge in [0.2, 0.25) is 0 Å². The molecule has 1 rings (SSSR count). The van der Waals surface area contributed by atoms with E-state index in [1.807, 2.05) is 21.0 Å². The highest BCUT2D eigenvalue weighted by molar-refractivity contribution is 5.89. The van der Waals surface area contributed by atoms with Crippen molar-refractivity contribution in [1.82, 2.24) is 9.80 Å². The topological polar surface area (TPSA) is 23.6 Å². The zero-order valence-corrected chi connectivity index (χ0v) is 10.0. The highest BCUT2D eigenvalue weighted by Crippen LogP contribution is 2.32. The van der Waals surface area contributed by atoms with Crippen molar-refractivity contribution in [3.63, 3.8) is 0 Å². The van der Waals surface area contributed by atoms with Crippen LogP contribution in [-0.2, 0) is 4.79 Å². The maximum Gasteiger partial charge on any atom is 0.154 e. The van der Waals surface area contributed by atoms with Crippen LogP contribution in [0.1, 0.15) is 20.3 Å². The molecule has 3 heteroatoms. The molecule has 3 nitrogen and oxygen atoms in total. The van der Waals surface area contributed by atoms with Crippen LogP contribution in [0.5, 0.6) is 0 Å². The van der Waals surface area contributed by atoms with E-state index in [9.17, 15) is 4.79 Å². The zero-order chi connectivity index (χ0) is 10.9. The summed E-state index contributed by atoms with van der Waals surface area (Å²) in [5.41, 5.74) is -0.247. The summed E-state index contributed by atoms with van der Waals surface area (Å²) in [6.45, 7) is 6.02. The van der Waals surface area contributed by atoms with E-state index in [4.69, 9.17) is 0 Å². The number of Topliss-reactive ketones (excluding diaryl/α,β-unsaturated/α-hetero) is 1. The smallest absolute Gasteiger partial charge is 0.154 e. The third-order valence-corrected chi connectivity index (χ3v) is 3.51. The van der Waals surface area contributed by atoms with Crippen molar-refractivity contribution in [2.45, 2.75) is 25.8 Å². The van der Waals surface area contributed by atoms with Crippen molar-refractivity contribution in [2.75, 3.05) is 34.2 Å². The largest absolute Gasteiger partial charge is 0.304 e. The van der Waals surface area contributed by atoms with Crippen molar-refractivity contribution in [3.8, 4) is 0 Å². The third-order valence-electron chi connectivity index (χ3n) is 3.51. The summed E-state index contributed by atoms with van der Waals surface area (Å²) in [5.74, 6) is 0.800. The van der Waals surface area contributed by atoms with Crippen molar-refractivity contribution in [1.29, 1.82) is 0 Å². The Balaban J connectivity index is 2.99. The van der Waals surface area contributed by atoms with Crippen molar-refractivity contribution in [2.24, 2.45) is 5.92 Å². The van der Waals surface area contributed by atoms with Crippen LogP contribution in [0.3, 0.4) is 0 Å². The highest BCUT2D eigenvalue weighted by Gasteiger charge is 2.49. The number of likely N-dealkylation sites (N-methyl/N-ethyl adjacent to an activating group) is 2. The maximum atomic E-state index is 12.1. The summed E-state index contributed by atoms with van der Waals surface area (Å²) in [6.07, 6.45) is 0.635. The summed E-state index contributed by atoms with van der Waals surface area (Å²) < 4.78 is 0. The van der Waals surface area contributed by atoms with Gasteiger partial charge in [-0.25, -0.2) is 0 Å². The lowest BCUT2D eigenvalue weighted by molar-refractivity contribution is -0.130. The second-order valence-corrected chi connectivity index (χ2v) is 4.69. The Kier molecular flexibility index (Phi) is 3.32. The number of carbonyl (C=O) groups is 1. The first-order chi connectivity index (χ1) is 6.45. The molecule has 0 saturated carbocycles. The minimum Gasteiger partial charge on any atom is -0.304 e. The lowest BCUT2D eigenvalue weighted by Gasteiger charge is -2.38. The SMILES string of the molecule is CCC(=O)[C@]1(N(C)C)CN(C)C[C@@H]1C. The lowest BCUT2D eigenvalue weighted by Crippen LogP contribution is -2.56. The van der Waals surface area contributed by atoms with Crippen LogP contribution < -0.4 is 0 Å². The third kappa shape index (κ3) is 1.59. The first-order valence-corrected chi connectivity index (χ1v) is 5.34. The van der Waals surface area contributed by atoms with Gasteiger partial charge in [-0.3, -0.25) is 9.69 Å².